The number of hydrogen-bond acceptors (Lipinski definition) is 7. The Hall–Kier alpha value is -4.30. The molecule has 3 aliphatic rings. The molecule has 3 aromatic rings. The van der Waals surface area contributed by atoms with Gasteiger partial charge in [-0.15, -0.1) is 0 Å². The summed E-state index contributed by atoms with van der Waals surface area (Å²) in [6.07, 6.45) is 4.25. The molecular weight excluding hydrogens is 482 g/mol. The number of carbonyl (C=O) groups is 2. The molecule has 0 aliphatic carbocycles. The first-order valence-corrected chi connectivity index (χ1v) is 12.8. The molecule has 0 aromatic heterocycles. The van der Waals surface area contributed by atoms with E-state index < -0.39 is 0 Å². The number of amides is 2. The molecule has 8 nitrogen and oxygen atoms in total. The maximum atomic E-state index is 13.5. The van der Waals surface area contributed by atoms with Crippen LogP contribution in [0.15, 0.2) is 66.7 Å². The molecule has 0 radical (unpaired) electrons. The number of anilines is 1. The summed E-state index contributed by atoms with van der Waals surface area (Å²) in [6, 6.07) is 19.0. The van der Waals surface area contributed by atoms with Crippen LogP contribution in [0.4, 0.5) is 5.69 Å². The van der Waals surface area contributed by atoms with Crippen molar-refractivity contribution in [1.82, 2.24) is 9.80 Å². The number of piperazine rings is 1. The number of para-hydroxylation sites is 1. The Kier molecular flexibility index (Phi) is 6.47. The molecule has 194 valence electrons. The van der Waals surface area contributed by atoms with Crippen LogP contribution in [0.5, 0.6) is 17.2 Å². The Morgan fingerprint density at radius 2 is 1.71 bits per heavy atom. The minimum atomic E-state index is -0.260. The van der Waals surface area contributed by atoms with E-state index in [4.69, 9.17) is 14.2 Å². The molecule has 0 bridgehead atoms. The van der Waals surface area contributed by atoms with Gasteiger partial charge in [0.2, 0.25) is 6.79 Å². The van der Waals surface area contributed by atoms with Crippen molar-refractivity contribution < 1.29 is 23.8 Å². The lowest BCUT2D eigenvalue weighted by Gasteiger charge is -2.36. The fraction of sp³-hybridized carbons (Fsp3) is 0.267. The number of fused-ring (bicyclic) bond motifs is 2. The summed E-state index contributed by atoms with van der Waals surface area (Å²) >= 11 is 0. The average molecular weight is 512 g/mol. The second-order valence-corrected chi connectivity index (χ2v) is 9.52. The number of ether oxygens (including phenoxy) is 3. The number of imide groups is 1. The molecule has 8 heteroatoms. The van der Waals surface area contributed by atoms with Crippen LogP contribution in [0.3, 0.4) is 0 Å². The lowest BCUT2D eigenvalue weighted by molar-refractivity contribution is 0.0642. The third kappa shape index (κ3) is 4.48. The third-order valence-electron chi connectivity index (χ3n) is 7.27. The zero-order chi connectivity index (χ0) is 26.1. The molecule has 0 saturated carbocycles. The van der Waals surface area contributed by atoms with Crippen molar-refractivity contribution in [3.8, 4) is 17.2 Å². The predicted octanol–water partition coefficient (Wildman–Crippen LogP) is 4.06. The summed E-state index contributed by atoms with van der Waals surface area (Å²) in [5.74, 6) is 1.66. The van der Waals surface area contributed by atoms with Gasteiger partial charge in [-0.2, -0.15) is 0 Å². The van der Waals surface area contributed by atoms with Crippen LogP contribution in [-0.4, -0.2) is 68.2 Å². The molecule has 2 amide bonds. The predicted molar refractivity (Wildman–Crippen MR) is 144 cm³/mol. The number of carbonyl (C=O) groups excluding carboxylic acids is 2. The zero-order valence-electron chi connectivity index (χ0n) is 21.3. The second-order valence-electron chi connectivity index (χ2n) is 9.52. The first-order chi connectivity index (χ1) is 18.6. The summed E-state index contributed by atoms with van der Waals surface area (Å²) in [6.45, 7) is 4.49. The lowest BCUT2D eigenvalue weighted by atomic mass is 10.1. The van der Waals surface area contributed by atoms with Gasteiger partial charge >= 0.3 is 0 Å². The first kappa shape index (κ1) is 24.1. The molecule has 3 heterocycles. The molecule has 0 spiro atoms. The average Bonchev–Trinajstić information content (AvgIpc) is 3.52. The smallest absolute Gasteiger partial charge is 0.263 e. The zero-order valence-corrected chi connectivity index (χ0v) is 21.3. The Labute approximate surface area is 221 Å². The highest BCUT2D eigenvalue weighted by Gasteiger charge is 2.39. The van der Waals surface area contributed by atoms with E-state index in [1.54, 1.807) is 13.2 Å². The minimum Gasteiger partial charge on any atom is -0.496 e. The number of hydrogen-bond donors (Lipinski definition) is 0. The molecule has 6 rings (SSSR count). The van der Waals surface area contributed by atoms with Gasteiger partial charge in [0.25, 0.3) is 11.8 Å². The van der Waals surface area contributed by atoms with Crippen LogP contribution in [0, 0.1) is 0 Å². The largest absolute Gasteiger partial charge is 0.496 e. The van der Waals surface area contributed by atoms with Crippen molar-refractivity contribution in [2.75, 3.05) is 51.5 Å². The van der Waals surface area contributed by atoms with Crippen LogP contribution >= 0.6 is 0 Å². The van der Waals surface area contributed by atoms with E-state index >= 15 is 0 Å². The fourth-order valence-electron chi connectivity index (χ4n) is 5.25. The van der Waals surface area contributed by atoms with E-state index in [-0.39, 0.29) is 25.2 Å². The molecule has 1 saturated heterocycles. The van der Waals surface area contributed by atoms with Crippen LogP contribution in [0.1, 0.15) is 31.8 Å². The van der Waals surface area contributed by atoms with Crippen molar-refractivity contribution in [3.05, 3.63) is 89.0 Å². The summed E-state index contributed by atoms with van der Waals surface area (Å²) in [4.78, 5) is 32.6. The van der Waals surface area contributed by atoms with Gasteiger partial charge in [0, 0.05) is 38.3 Å². The van der Waals surface area contributed by atoms with Crippen molar-refractivity contribution in [2.45, 2.75) is 6.54 Å². The van der Waals surface area contributed by atoms with Crippen molar-refractivity contribution in [3.63, 3.8) is 0 Å². The SMILES string of the molecule is COc1ccccc1C=CCN1CCN(c2cccc3c2C(=O)N(Cc2ccc4c(c2)OCO4)C3=O)CC1. The van der Waals surface area contributed by atoms with Gasteiger partial charge in [-0.1, -0.05) is 42.5 Å². The Morgan fingerprint density at radius 1 is 0.895 bits per heavy atom. The maximum absolute atomic E-state index is 13.5. The molecule has 0 unspecified atom stereocenters. The summed E-state index contributed by atoms with van der Waals surface area (Å²) in [5, 5.41) is 0. The van der Waals surface area contributed by atoms with Gasteiger partial charge in [-0.25, -0.2) is 0 Å². The van der Waals surface area contributed by atoms with Crippen molar-refractivity contribution in [2.24, 2.45) is 0 Å². The van der Waals surface area contributed by atoms with E-state index in [0.29, 0.717) is 22.6 Å². The second kappa shape index (κ2) is 10.2. The van der Waals surface area contributed by atoms with Gasteiger partial charge in [-0.3, -0.25) is 19.4 Å². The van der Waals surface area contributed by atoms with Gasteiger partial charge < -0.3 is 19.1 Å². The van der Waals surface area contributed by atoms with Crippen LogP contribution in [0.25, 0.3) is 6.08 Å². The third-order valence-corrected chi connectivity index (χ3v) is 7.27. The number of methoxy groups -OCH3 is 1. The normalized spacial score (nSPS) is 17.0. The number of rotatable bonds is 7. The molecule has 38 heavy (non-hydrogen) atoms. The van der Waals surface area contributed by atoms with Crippen molar-refractivity contribution in [1.29, 1.82) is 0 Å². The van der Waals surface area contributed by atoms with E-state index in [1.807, 2.05) is 54.6 Å². The molecule has 0 N–H and O–H groups in total. The highest BCUT2D eigenvalue weighted by atomic mass is 16.7. The Morgan fingerprint density at radius 3 is 2.55 bits per heavy atom. The summed E-state index contributed by atoms with van der Waals surface area (Å²) in [7, 11) is 1.68. The van der Waals surface area contributed by atoms with Crippen molar-refractivity contribution >= 4 is 23.6 Å². The minimum absolute atomic E-state index is 0.181. The Balaban J connectivity index is 1.12. The molecular formula is C30H29N3O5. The number of benzene rings is 3. The maximum Gasteiger partial charge on any atom is 0.263 e. The van der Waals surface area contributed by atoms with Gasteiger partial charge in [0.1, 0.15) is 5.75 Å². The fourth-order valence-corrected chi connectivity index (χ4v) is 5.25. The van der Waals surface area contributed by atoms with E-state index in [0.717, 1.165) is 55.3 Å². The van der Waals surface area contributed by atoms with E-state index in [9.17, 15) is 9.59 Å². The molecule has 3 aromatic carbocycles. The van der Waals surface area contributed by atoms with Crippen LogP contribution in [0.2, 0.25) is 0 Å². The van der Waals surface area contributed by atoms with E-state index in [2.05, 4.69) is 22.0 Å². The molecule has 1 fully saturated rings. The van der Waals surface area contributed by atoms with Gasteiger partial charge in [-0.05, 0) is 35.9 Å². The summed E-state index contributed by atoms with van der Waals surface area (Å²) in [5.41, 5.74) is 3.68. The monoisotopic (exact) mass is 511 g/mol. The molecule has 0 atom stereocenters. The van der Waals surface area contributed by atoms with Gasteiger partial charge in [0.15, 0.2) is 11.5 Å². The van der Waals surface area contributed by atoms with Crippen LogP contribution < -0.4 is 19.1 Å². The molecule has 3 aliphatic heterocycles. The topological polar surface area (TPSA) is 71.6 Å². The quantitative estimate of drug-likeness (QED) is 0.443. The van der Waals surface area contributed by atoms with Crippen LogP contribution in [-0.2, 0) is 6.54 Å². The Bertz CT molecular complexity index is 1410. The lowest BCUT2D eigenvalue weighted by Crippen LogP contribution is -2.46. The highest BCUT2D eigenvalue weighted by molar-refractivity contribution is 6.23. The number of nitrogens with zero attached hydrogens (tertiary/aromatic N) is 3. The van der Waals surface area contributed by atoms with E-state index in [1.165, 1.54) is 4.90 Å². The highest BCUT2D eigenvalue weighted by Crippen LogP contribution is 2.36. The standard InChI is InChI=1S/C30H29N3O5/c1-36-25-10-3-2-6-22(25)7-5-13-31-14-16-32(17-15-31)24-9-4-8-23-28(24)30(35)33(29(23)34)19-21-11-12-26-27(18-21)38-20-37-26/h2-12,18H,13-17,19-20H2,1H3. The summed E-state index contributed by atoms with van der Waals surface area (Å²) < 4.78 is 16.2. The van der Waals surface area contributed by atoms with Gasteiger partial charge in [0.05, 0.1) is 30.5 Å². The first-order valence-electron chi connectivity index (χ1n) is 12.8.